The molecule has 1 aliphatic heterocycles. The summed E-state index contributed by atoms with van der Waals surface area (Å²) >= 11 is 0. The summed E-state index contributed by atoms with van der Waals surface area (Å²) < 4.78 is 15.9. The Kier molecular flexibility index (Phi) is 6.54. The van der Waals surface area contributed by atoms with Crippen molar-refractivity contribution in [3.63, 3.8) is 0 Å². The number of ether oxygens (including phenoxy) is 3. The van der Waals surface area contributed by atoms with Gasteiger partial charge in [0.1, 0.15) is 5.75 Å². The molecule has 1 aliphatic rings. The van der Waals surface area contributed by atoms with Crippen molar-refractivity contribution in [2.45, 2.75) is 13.5 Å². The number of methoxy groups -OCH3 is 1. The van der Waals surface area contributed by atoms with Gasteiger partial charge in [-0.2, -0.15) is 0 Å². The molecule has 0 aliphatic carbocycles. The molecule has 2 aromatic carbocycles. The second-order valence-corrected chi connectivity index (χ2v) is 6.25. The van der Waals surface area contributed by atoms with Crippen LogP contribution >= 0.6 is 0 Å². The highest BCUT2D eigenvalue weighted by molar-refractivity contribution is 5.97. The van der Waals surface area contributed by atoms with Crippen LogP contribution < -0.4 is 15.0 Å². The van der Waals surface area contributed by atoms with E-state index in [1.165, 1.54) is 7.11 Å². The van der Waals surface area contributed by atoms with E-state index < -0.39 is 0 Å². The van der Waals surface area contributed by atoms with E-state index >= 15 is 0 Å². The van der Waals surface area contributed by atoms with Crippen molar-refractivity contribution >= 4 is 17.3 Å². The van der Waals surface area contributed by atoms with Crippen LogP contribution in [0.5, 0.6) is 5.75 Å². The first-order chi connectivity index (χ1) is 13.2. The van der Waals surface area contributed by atoms with Gasteiger partial charge in [0.2, 0.25) is 0 Å². The molecule has 144 valence electrons. The molecule has 0 aromatic heterocycles. The smallest absolute Gasteiger partial charge is 0.340 e. The first-order valence-corrected chi connectivity index (χ1v) is 9.22. The summed E-state index contributed by atoms with van der Waals surface area (Å²) in [7, 11) is 1.41. The summed E-state index contributed by atoms with van der Waals surface area (Å²) in [5, 5.41) is 3.37. The number of hydrogen-bond acceptors (Lipinski definition) is 6. The highest BCUT2D eigenvalue weighted by Gasteiger charge is 2.19. The molecule has 27 heavy (non-hydrogen) atoms. The zero-order valence-corrected chi connectivity index (χ0v) is 15.9. The third kappa shape index (κ3) is 4.92. The number of nitrogens with zero attached hydrogens (tertiary/aromatic N) is 1. The van der Waals surface area contributed by atoms with Crippen molar-refractivity contribution in [2.75, 3.05) is 50.2 Å². The number of carbonyl (C=O) groups is 1. The Labute approximate surface area is 160 Å². The van der Waals surface area contributed by atoms with Crippen LogP contribution in [-0.2, 0) is 16.0 Å². The monoisotopic (exact) mass is 370 g/mol. The van der Waals surface area contributed by atoms with Gasteiger partial charge in [-0.25, -0.2) is 4.79 Å². The van der Waals surface area contributed by atoms with Crippen molar-refractivity contribution in [1.29, 1.82) is 0 Å². The lowest BCUT2D eigenvalue weighted by atomic mass is 10.1. The van der Waals surface area contributed by atoms with Crippen LogP contribution in [0.25, 0.3) is 0 Å². The number of nitrogens with one attached hydrogen (secondary N) is 1. The Morgan fingerprint density at radius 2 is 1.89 bits per heavy atom. The first kappa shape index (κ1) is 19.0. The van der Waals surface area contributed by atoms with Crippen LogP contribution in [0.1, 0.15) is 22.8 Å². The normalized spacial score (nSPS) is 13.9. The van der Waals surface area contributed by atoms with Crippen molar-refractivity contribution in [3.05, 3.63) is 53.6 Å². The molecular formula is C21H26N2O4. The van der Waals surface area contributed by atoms with E-state index in [4.69, 9.17) is 14.2 Å². The fraction of sp³-hybridized carbons (Fsp3) is 0.381. The van der Waals surface area contributed by atoms with E-state index in [2.05, 4.69) is 10.2 Å². The number of rotatable bonds is 7. The van der Waals surface area contributed by atoms with Gasteiger partial charge < -0.3 is 24.4 Å². The topological polar surface area (TPSA) is 60.0 Å². The number of esters is 1. The van der Waals surface area contributed by atoms with Gasteiger partial charge in [-0.1, -0.05) is 12.1 Å². The number of carbonyl (C=O) groups excluding carboxylic acids is 1. The zero-order valence-electron chi connectivity index (χ0n) is 15.9. The summed E-state index contributed by atoms with van der Waals surface area (Å²) in [6.45, 7) is 6.14. The third-order valence-corrected chi connectivity index (χ3v) is 4.48. The van der Waals surface area contributed by atoms with Gasteiger partial charge in [0.25, 0.3) is 0 Å². The molecule has 0 saturated carbocycles. The average molecular weight is 370 g/mol. The Hall–Kier alpha value is -2.73. The standard InChI is InChI=1S/C21H26N2O4/c1-3-27-18-7-4-16(5-8-18)15-22-17-6-9-20(19(14-17)21(24)25-2)23-10-12-26-13-11-23/h4-9,14,22H,3,10-13,15H2,1-2H3. The van der Waals surface area contributed by atoms with Gasteiger partial charge in [0, 0.05) is 25.3 Å². The molecule has 6 nitrogen and oxygen atoms in total. The molecule has 1 fully saturated rings. The lowest BCUT2D eigenvalue weighted by Gasteiger charge is -2.30. The molecule has 0 unspecified atom stereocenters. The van der Waals surface area contributed by atoms with E-state index in [0.717, 1.165) is 35.8 Å². The molecule has 0 radical (unpaired) electrons. The molecular weight excluding hydrogens is 344 g/mol. The van der Waals surface area contributed by atoms with E-state index in [9.17, 15) is 4.79 Å². The van der Waals surface area contributed by atoms with Gasteiger partial charge in [0.05, 0.1) is 38.2 Å². The van der Waals surface area contributed by atoms with Crippen molar-refractivity contribution in [1.82, 2.24) is 0 Å². The van der Waals surface area contributed by atoms with Crippen LogP contribution in [0.4, 0.5) is 11.4 Å². The summed E-state index contributed by atoms with van der Waals surface area (Å²) in [6, 6.07) is 13.8. The molecule has 6 heteroatoms. The Morgan fingerprint density at radius 1 is 1.15 bits per heavy atom. The van der Waals surface area contributed by atoms with Crippen LogP contribution in [0, 0.1) is 0 Å². The van der Waals surface area contributed by atoms with Gasteiger partial charge >= 0.3 is 5.97 Å². The fourth-order valence-electron chi connectivity index (χ4n) is 3.07. The lowest BCUT2D eigenvalue weighted by molar-refractivity contribution is 0.0600. The molecule has 0 atom stereocenters. The van der Waals surface area contributed by atoms with Crippen LogP contribution in [0.3, 0.4) is 0 Å². The highest BCUT2D eigenvalue weighted by Crippen LogP contribution is 2.26. The van der Waals surface area contributed by atoms with E-state index in [1.807, 2.05) is 49.4 Å². The minimum absolute atomic E-state index is 0.332. The van der Waals surface area contributed by atoms with E-state index in [1.54, 1.807) is 0 Å². The maximum Gasteiger partial charge on any atom is 0.340 e. The highest BCUT2D eigenvalue weighted by atomic mass is 16.5. The molecule has 1 saturated heterocycles. The Balaban J connectivity index is 1.72. The quantitative estimate of drug-likeness (QED) is 0.755. The van der Waals surface area contributed by atoms with Crippen LogP contribution in [0.2, 0.25) is 0 Å². The summed E-state index contributed by atoms with van der Waals surface area (Å²) in [4.78, 5) is 14.4. The molecule has 0 bridgehead atoms. The predicted octanol–water partition coefficient (Wildman–Crippen LogP) is 3.32. The number of benzene rings is 2. The Bertz CT molecular complexity index is 755. The van der Waals surface area contributed by atoms with Gasteiger partial charge in [-0.05, 0) is 42.8 Å². The predicted molar refractivity (Wildman–Crippen MR) is 106 cm³/mol. The fourth-order valence-corrected chi connectivity index (χ4v) is 3.07. The molecule has 0 spiro atoms. The Morgan fingerprint density at radius 3 is 2.56 bits per heavy atom. The number of anilines is 2. The molecule has 2 aromatic rings. The minimum atomic E-state index is -0.332. The number of hydrogen-bond donors (Lipinski definition) is 1. The maximum atomic E-state index is 12.3. The minimum Gasteiger partial charge on any atom is -0.494 e. The number of morpholine rings is 1. The third-order valence-electron chi connectivity index (χ3n) is 4.48. The van der Waals surface area contributed by atoms with Crippen LogP contribution in [0.15, 0.2) is 42.5 Å². The van der Waals surface area contributed by atoms with Gasteiger partial charge in [-0.3, -0.25) is 0 Å². The van der Waals surface area contributed by atoms with Crippen molar-refractivity contribution in [3.8, 4) is 5.75 Å². The van der Waals surface area contributed by atoms with Crippen molar-refractivity contribution in [2.24, 2.45) is 0 Å². The zero-order chi connectivity index (χ0) is 19.1. The van der Waals surface area contributed by atoms with Crippen LogP contribution in [-0.4, -0.2) is 46.0 Å². The molecule has 1 N–H and O–H groups in total. The molecule has 0 amide bonds. The second kappa shape index (κ2) is 9.28. The van der Waals surface area contributed by atoms with E-state index in [0.29, 0.717) is 31.9 Å². The largest absolute Gasteiger partial charge is 0.494 e. The second-order valence-electron chi connectivity index (χ2n) is 6.25. The average Bonchev–Trinajstić information content (AvgIpc) is 2.73. The molecule has 3 rings (SSSR count). The lowest BCUT2D eigenvalue weighted by Crippen LogP contribution is -2.37. The van der Waals surface area contributed by atoms with E-state index in [-0.39, 0.29) is 5.97 Å². The summed E-state index contributed by atoms with van der Waals surface area (Å²) in [5.74, 6) is 0.533. The van der Waals surface area contributed by atoms with Gasteiger partial charge in [0.15, 0.2) is 0 Å². The van der Waals surface area contributed by atoms with Gasteiger partial charge in [-0.15, -0.1) is 0 Å². The van der Waals surface area contributed by atoms with Crippen molar-refractivity contribution < 1.29 is 19.0 Å². The maximum absolute atomic E-state index is 12.3. The first-order valence-electron chi connectivity index (χ1n) is 9.22. The SMILES string of the molecule is CCOc1ccc(CNc2ccc(N3CCOCC3)c(C(=O)OC)c2)cc1. The summed E-state index contributed by atoms with van der Waals surface area (Å²) in [6.07, 6.45) is 0. The summed E-state index contributed by atoms with van der Waals surface area (Å²) in [5.41, 5.74) is 3.46. The molecule has 1 heterocycles.